The monoisotopic (exact) mass is 401 g/mol. The second kappa shape index (κ2) is 8.78. The fraction of sp³-hybridized carbons (Fsp3) is 0.208. The molecule has 4 aromatic rings. The van der Waals surface area contributed by atoms with Crippen molar-refractivity contribution in [3.63, 3.8) is 0 Å². The van der Waals surface area contributed by atoms with E-state index >= 15 is 0 Å². The summed E-state index contributed by atoms with van der Waals surface area (Å²) in [6.07, 6.45) is -0.0675. The fourth-order valence-corrected chi connectivity index (χ4v) is 3.23. The van der Waals surface area contributed by atoms with Gasteiger partial charge in [-0.3, -0.25) is 4.79 Å². The Morgan fingerprint density at radius 2 is 1.90 bits per heavy atom. The van der Waals surface area contributed by atoms with Crippen LogP contribution >= 0.6 is 0 Å². The van der Waals surface area contributed by atoms with Crippen molar-refractivity contribution < 1.29 is 14.1 Å². The third-order valence-corrected chi connectivity index (χ3v) is 4.82. The van der Waals surface area contributed by atoms with E-state index in [1.807, 2.05) is 80.6 Å². The summed E-state index contributed by atoms with van der Waals surface area (Å²) >= 11 is 0. The van der Waals surface area contributed by atoms with Crippen molar-refractivity contribution in [1.82, 2.24) is 15.5 Å². The van der Waals surface area contributed by atoms with Gasteiger partial charge in [0, 0.05) is 5.56 Å². The van der Waals surface area contributed by atoms with E-state index in [1.54, 1.807) is 0 Å². The summed E-state index contributed by atoms with van der Waals surface area (Å²) in [5.74, 6) is 1.29. The van der Waals surface area contributed by atoms with Gasteiger partial charge in [0.25, 0.3) is 5.91 Å². The largest absolute Gasteiger partial charge is 0.481 e. The van der Waals surface area contributed by atoms with Crippen LogP contribution in [0.3, 0.4) is 0 Å². The van der Waals surface area contributed by atoms with Gasteiger partial charge in [0.1, 0.15) is 5.75 Å². The third kappa shape index (κ3) is 4.49. The van der Waals surface area contributed by atoms with Crippen molar-refractivity contribution in [3.05, 3.63) is 78.2 Å². The number of ether oxygens (including phenoxy) is 1. The predicted molar refractivity (Wildman–Crippen MR) is 115 cm³/mol. The van der Waals surface area contributed by atoms with Crippen LogP contribution in [0, 0.1) is 6.92 Å². The van der Waals surface area contributed by atoms with Crippen molar-refractivity contribution in [3.8, 4) is 17.1 Å². The lowest BCUT2D eigenvalue weighted by Gasteiger charge is -2.17. The number of carbonyl (C=O) groups is 1. The molecule has 1 heterocycles. The van der Waals surface area contributed by atoms with Crippen molar-refractivity contribution in [2.75, 3.05) is 0 Å². The molecular weight excluding hydrogens is 378 g/mol. The summed E-state index contributed by atoms with van der Waals surface area (Å²) in [6, 6.07) is 21.7. The molecule has 0 aliphatic heterocycles. The van der Waals surface area contributed by atoms with Gasteiger partial charge < -0.3 is 14.6 Å². The summed E-state index contributed by atoms with van der Waals surface area (Å²) in [5.41, 5.74) is 1.99. The molecule has 0 bridgehead atoms. The molecule has 1 amide bonds. The normalized spacial score (nSPS) is 11.9. The van der Waals surface area contributed by atoms with Gasteiger partial charge in [0.2, 0.25) is 11.7 Å². The number of nitrogens with one attached hydrogen (secondary N) is 1. The molecule has 3 aromatic carbocycles. The molecule has 0 aliphatic rings. The van der Waals surface area contributed by atoms with Crippen molar-refractivity contribution in [2.24, 2.45) is 0 Å². The van der Waals surface area contributed by atoms with E-state index in [1.165, 1.54) is 0 Å². The second-order valence-corrected chi connectivity index (χ2v) is 7.12. The summed E-state index contributed by atoms with van der Waals surface area (Å²) in [5, 5.41) is 9.02. The van der Waals surface area contributed by atoms with Crippen LogP contribution in [0.5, 0.6) is 5.75 Å². The molecular formula is C24H23N3O3. The highest BCUT2D eigenvalue weighted by Gasteiger charge is 2.19. The topological polar surface area (TPSA) is 77.2 Å². The zero-order chi connectivity index (χ0) is 20.9. The Labute approximate surface area is 174 Å². The van der Waals surface area contributed by atoms with Crippen LogP contribution in [-0.4, -0.2) is 22.2 Å². The number of hydrogen-bond donors (Lipinski definition) is 1. The highest BCUT2D eigenvalue weighted by Crippen LogP contribution is 2.22. The summed E-state index contributed by atoms with van der Waals surface area (Å²) in [6.45, 7) is 4.06. The standard InChI is InChI=1S/C24H23N3O3/c1-3-21(29-20-12-11-17-8-4-5-9-18(17)14-20)24(28)25-15-22-26-23(27-30-22)19-10-6-7-16(2)13-19/h4-14,21H,3,15H2,1-2H3,(H,25,28)/t21-/m1/s1. The van der Waals surface area contributed by atoms with Crippen LogP contribution in [0.2, 0.25) is 0 Å². The van der Waals surface area contributed by atoms with Gasteiger partial charge in [0.05, 0.1) is 6.54 Å². The molecule has 0 spiro atoms. The maximum absolute atomic E-state index is 12.6. The minimum atomic E-state index is -0.606. The molecule has 152 valence electrons. The first-order chi connectivity index (χ1) is 14.6. The molecule has 0 saturated heterocycles. The first-order valence-corrected chi connectivity index (χ1v) is 9.95. The average molecular weight is 401 g/mol. The van der Waals surface area contributed by atoms with E-state index in [2.05, 4.69) is 15.5 Å². The smallest absolute Gasteiger partial charge is 0.261 e. The maximum Gasteiger partial charge on any atom is 0.261 e. The quantitative estimate of drug-likeness (QED) is 0.487. The van der Waals surface area contributed by atoms with E-state index in [0.29, 0.717) is 23.9 Å². The van der Waals surface area contributed by atoms with Gasteiger partial charge in [-0.2, -0.15) is 4.98 Å². The minimum absolute atomic E-state index is 0.148. The van der Waals surface area contributed by atoms with Gasteiger partial charge >= 0.3 is 0 Å². The van der Waals surface area contributed by atoms with Gasteiger partial charge in [-0.25, -0.2) is 0 Å². The molecule has 0 fully saturated rings. The predicted octanol–water partition coefficient (Wildman–Crippen LogP) is 4.67. The molecule has 0 saturated carbocycles. The number of benzene rings is 3. The Morgan fingerprint density at radius 3 is 2.70 bits per heavy atom. The number of rotatable bonds is 7. The molecule has 6 heteroatoms. The average Bonchev–Trinajstić information content (AvgIpc) is 3.25. The summed E-state index contributed by atoms with van der Waals surface area (Å²) < 4.78 is 11.2. The Morgan fingerprint density at radius 1 is 1.07 bits per heavy atom. The molecule has 1 aromatic heterocycles. The van der Waals surface area contributed by atoms with Crippen LogP contribution in [0.4, 0.5) is 0 Å². The first kappa shape index (κ1) is 19.6. The lowest BCUT2D eigenvalue weighted by atomic mass is 10.1. The second-order valence-electron chi connectivity index (χ2n) is 7.12. The zero-order valence-corrected chi connectivity index (χ0v) is 17.0. The van der Waals surface area contributed by atoms with Crippen molar-refractivity contribution in [1.29, 1.82) is 0 Å². The number of nitrogens with zero attached hydrogens (tertiary/aromatic N) is 2. The van der Waals surface area contributed by atoms with E-state index < -0.39 is 6.10 Å². The number of amides is 1. The molecule has 0 unspecified atom stereocenters. The summed E-state index contributed by atoms with van der Waals surface area (Å²) in [4.78, 5) is 17.0. The Hall–Kier alpha value is -3.67. The molecule has 4 rings (SSSR count). The highest BCUT2D eigenvalue weighted by molar-refractivity contribution is 5.84. The van der Waals surface area contributed by atoms with Crippen molar-refractivity contribution >= 4 is 16.7 Å². The molecule has 0 radical (unpaired) electrons. The lowest BCUT2D eigenvalue weighted by Crippen LogP contribution is -2.37. The molecule has 1 N–H and O–H groups in total. The Bertz CT molecular complexity index is 1170. The summed E-state index contributed by atoms with van der Waals surface area (Å²) in [7, 11) is 0. The van der Waals surface area contributed by atoms with Gasteiger partial charge in [0.15, 0.2) is 6.10 Å². The number of carbonyl (C=O) groups excluding carboxylic acids is 1. The zero-order valence-electron chi connectivity index (χ0n) is 17.0. The van der Waals surface area contributed by atoms with Crippen LogP contribution in [-0.2, 0) is 11.3 Å². The number of hydrogen-bond acceptors (Lipinski definition) is 5. The van der Waals surface area contributed by atoms with Crippen LogP contribution in [0.15, 0.2) is 71.3 Å². The van der Waals surface area contributed by atoms with E-state index in [0.717, 1.165) is 21.9 Å². The molecule has 1 atom stereocenters. The Kier molecular flexibility index (Phi) is 5.75. The maximum atomic E-state index is 12.6. The van der Waals surface area contributed by atoms with E-state index in [4.69, 9.17) is 9.26 Å². The lowest BCUT2D eigenvalue weighted by molar-refractivity contribution is -0.128. The SMILES string of the molecule is CC[C@@H](Oc1ccc2ccccc2c1)C(=O)NCc1nc(-c2cccc(C)c2)no1. The fourth-order valence-electron chi connectivity index (χ4n) is 3.23. The van der Waals surface area contributed by atoms with Crippen LogP contribution < -0.4 is 10.1 Å². The number of aryl methyl sites for hydroxylation is 1. The van der Waals surface area contributed by atoms with Gasteiger partial charge in [-0.05, 0) is 42.3 Å². The van der Waals surface area contributed by atoms with Crippen molar-refractivity contribution in [2.45, 2.75) is 32.9 Å². The van der Waals surface area contributed by atoms with Gasteiger partial charge in [-0.1, -0.05) is 66.2 Å². The van der Waals surface area contributed by atoms with E-state index in [-0.39, 0.29) is 12.5 Å². The molecule has 30 heavy (non-hydrogen) atoms. The van der Waals surface area contributed by atoms with Crippen LogP contribution in [0.1, 0.15) is 24.8 Å². The van der Waals surface area contributed by atoms with Crippen LogP contribution in [0.25, 0.3) is 22.2 Å². The molecule has 0 aliphatic carbocycles. The number of fused-ring (bicyclic) bond motifs is 1. The van der Waals surface area contributed by atoms with Gasteiger partial charge in [-0.15, -0.1) is 0 Å². The minimum Gasteiger partial charge on any atom is -0.481 e. The highest BCUT2D eigenvalue weighted by atomic mass is 16.5. The van der Waals surface area contributed by atoms with E-state index in [9.17, 15) is 4.79 Å². The first-order valence-electron chi connectivity index (χ1n) is 9.95. The molecule has 6 nitrogen and oxygen atoms in total. The Balaban J connectivity index is 1.38. The number of aromatic nitrogens is 2. The third-order valence-electron chi connectivity index (χ3n) is 4.82.